The maximum absolute atomic E-state index is 11.6. The molecule has 8 heteroatoms. The van der Waals surface area contributed by atoms with Crippen molar-refractivity contribution in [1.82, 2.24) is 19.7 Å². The lowest BCUT2D eigenvalue weighted by Crippen LogP contribution is -2.16. The van der Waals surface area contributed by atoms with Gasteiger partial charge in [0.25, 0.3) is 0 Å². The Morgan fingerprint density at radius 3 is 2.95 bits per heavy atom. The lowest BCUT2D eigenvalue weighted by atomic mass is 10.5. The van der Waals surface area contributed by atoms with Crippen molar-refractivity contribution in [2.24, 2.45) is 7.05 Å². The van der Waals surface area contributed by atoms with Gasteiger partial charge < -0.3 is 9.84 Å². The van der Waals surface area contributed by atoms with Crippen LogP contribution in [-0.2, 0) is 16.6 Å². The molecule has 0 spiro atoms. The van der Waals surface area contributed by atoms with Gasteiger partial charge in [-0.1, -0.05) is 11.8 Å². The molecule has 0 radical (unpaired) electrons. The van der Waals surface area contributed by atoms with E-state index in [1.54, 1.807) is 20.9 Å². The van der Waals surface area contributed by atoms with Crippen LogP contribution in [0.25, 0.3) is 11.0 Å². The number of thioether (sulfide) groups is 1. The first-order valence-electron chi connectivity index (χ1n) is 5.74. The number of fused-ring (bicyclic) bond motifs is 1. The Kier molecular flexibility index (Phi) is 3.89. The predicted octanol–water partition coefficient (Wildman–Crippen LogP) is 1.11. The minimum Gasteiger partial charge on any atom is -0.492 e. The number of rotatable bonds is 4. The molecule has 1 atom stereocenters. The van der Waals surface area contributed by atoms with E-state index >= 15 is 0 Å². The van der Waals surface area contributed by atoms with Crippen LogP contribution in [0.1, 0.15) is 13.8 Å². The number of hydrogen-bond donors (Lipinski definition) is 1. The highest BCUT2D eigenvalue weighted by atomic mass is 32.2. The average Bonchev–Trinajstić information content (AvgIpc) is 2.67. The van der Waals surface area contributed by atoms with E-state index in [2.05, 4.69) is 15.1 Å². The van der Waals surface area contributed by atoms with Crippen LogP contribution in [0.4, 0.5) is 0 Å². The predicted molar refractivity (Wildman–Crippen MR) is 69.9 cm³/mol. The molecule has 1 unspecified atom stereocenters. The molecular weight excluding hydrogens is 268 g/mol. The maximum atomic E-state index is 11.6. The molecule has 2 aromatic rings. The van der Waals surface area contributed by atoms with Crippen LogP contribution in [0, 0.1) is 0 Å². The Morgan fingerprint density at radius 1 is 1.53 bits per heavy atom. The molecule has 2 heterocycles. The molecule has 2 rings (SSSR count). The summed E-state index contributed by atoms with van der Waals surface area (Å²) in [5, 5.41) is 14.0. The van der Waals surface area contributed by atoms with Crippen molar-refractivity contribution in [3.8, 4) is 5.88 Å². The minimum atomic E-state index is -0.401. The maximum Gasteiger partial charge on any atom is 0.319 e. The third-order valence-corrected chi connectivity index (χ3v) is 3.53. The van der Waals surface area contributed by atoms with Crippen LogP contribution in [0.2, 0.25) is 0 Å². The number of nitrogens with zero attached hydrogens (tertiary/aromatic N) is 4. The summed E-state index contributed by atoms with van der Waals surface area (Å²) in [7, 11) is 1.61. The topological polar surface area (TPSA) is 90.1 Å². The zero-order valence-corrected chi connectivity index (χ0v) is 11.6. The fourth-order valence-corrected chi connectivity index (χ4v) is 2.38. The van der Waals surface area contributed by atoms with Gasteiger partial charge in [-0.15, -0.1) is 0 Å². The first kappa shape index (κ1) is 13.6. The van der Waals surface area contributed by atoms with E-state index in [-0.39, 0.29) is 11.8 Å². The molecule has 0 aliphatic carbocycles. The van der Waals surface area contributed by atoms with Crippen molar-refractivity contribution in [3.05, 3.63) is 6.33 Å². The van der Waals surface area contributed by atoms with Crippen LogP contribution in [0.5, 0.6) is 5.88 Å². The summed E-state index contributed by atoms with van der Waals surface area (Å²) in [6, 6.07) is 0. The van der Waals surface area contributed by atoms with Gasteiger partial charge in [-0.25, -0.2) is 14.6 Å². The van der Waals surface area contributed by atoms with Gasteiger partial charge in [0.2, 0.25) is 5.88 Å². The van der Waals surface area contributed by atoms with Crippen molar-refractivity contribution >= 4 is 28.8 Å². The van der Waals surface area contributed by atoms with E-state index in [0.29, 0.717) is 22.7 Å². The smallest absolute Gasteiger partial charge is 0.319 e. The molecule has 0 aliphatic heterocycles. The number of hydrogen-bond acceptors (Lipinski definition) is 7. The summed E-state index contributed by atoms with van der Waals surface area (Å²) in [6.45, 7) is 3.83. The third-order valence-electron chi connectivity index (χ3n) is 2.46. The number of aryl methyl sites for hydroxylation is 1. The number of carbonyl (C=O) groups is 1. The van der Waals surface area contributed by atoms with Crippen LogP contribution in [0.15, 0.2) is 11.4 Å². The van der Waals surface area contributed by atoms with E-state index in [0.717, 1.165) is 0 Å². The van der Waals surface area contributed by atoms with Crippen molar-refractivity contribution in [3.63, 3.8) is 0 Å². The second-order valence-corrected chi connectivity index (χ2v) is 5.16. The molecule has 7 nitrogen and oxygen atoms in total. The molecule has 0 saturated carbocycles. The van der Waals surface area contributed by atoms with E-state index < -0.39 is 5.25 Å². The van der Waals surface area contributed by atoms with Crippen molar-refractivity contribution < 1.29 is 14.6 Å². The molecule has 0 amide bonds. The van der Waals surface area contributed by atoms with Crippen LogP contribution in [0.3, 0.4) is 0 Å². The normalized spacial score (nSPS) is 12.6. The highest BCUT2D eigenvalue weighted by Crippen LogP contribution is 2.30. The van der Waals surface area contributed by atoms with Gasteiger partial charge >= 0.3 is 5.97 Å². The monoisotopic (exact) mass is 282 g/mol. The fraction of sp³-hybridized carbons (Fsp3) is 0.455. The molecule has 102 valence electrons. The Balaban J connectivity index is 2.31. The molecule has 0 aliphatic rings. The molecule has 2 aromatic heterocycles. The molecule has 19 heavy (non-hydrogen) atoms. The summed E-state index contributed by atoms with van der Waals surface area (Å²) < 4.78 is 6.26. The highest BCUT2D eigenvalue weighted by molar-refractivity contribution is 8.00. The fourth-order valence-electron chi connectivity index (χ4n) is 1.53. The lowest BCUT2D eigenvalue weighted by molar-refractivity contribution is -0.142. The van der Waals surface area contributed by atoms with E-state index in [1.807, 2.05) is 0 Å². The van der Waals surface area contributed by atoms with Gasteiger partial charge in [-0.05, 0) is 13.8 Å². The summed E-state index contributed by atoms with van der Waals surface area (Å²) >= 11 is 1.23. The van der Waals surface area contributed by atoms with Gasteiger partial charge in [0.05, 0.1) is 6.61 Å². The van der Waals surface area contributed by atoms with Crippen LogP contribution in [-0.4, -0.2) is 42.7 Å². The number of aromatic hydroxyl groups is 1. The van der Waals surface area contributed by atoms with Crippen molar-refractivity contribution in [2.45, 2.75) is 24.1 Å². The molecule has 0 aromatic carbocycles. The van der Waals surface area contributed by atoms with Gasteiger partial charge in [-0.3, -0.25) is 4.79 Å². The molecule has 0 bridgehead atoms. The average molecular weight is 282 g/mol. The van der Waals surface area contributed by atoms with Gasteiger partial charge in [0.1, 0.15) is 22.1 Å². The molecule has 1 N–H and O–H groups in total. The van der Waals surface area contributed by atoms with Gasteiger partial charge in [0, 0.05) is 7.05 Å². The van der Waals surface area contributed by atoms with E-state index in [1.165, 1.54) is 22.8 Å². The van der Waals surface area contributed by atoms with Crippen molar-refractivity contribution in [1.29, 1.82) is 0 Å². The largest absolute Gasteiger partial charge is 0.492 e. The first-order valence-corrected chi connectivity index (χ1v) is 6.62. The standard InChI is InChI=1S/C11H14N4O3S/c1-4-18-11(17)6(2)19-9-7-8(12-5-13-9)10(16)15(3)14-7/h5-6,16H,4H2,1-3H3. The van der Waals surface area contributed by atoms with E-state index in [4.69, 9.17) is 4.74 Å². The number of carbonyl (C=O) groups excluding carboxylic acids is 1. The molecule has 0 fully saturated rings. The molecular formula is C11H14N4O3S. The number of ether oxygens (including phenoxy) is 1. The third kappa shape index (κ3) is 2.62. The second kappa shape index (κ2) is 5.43. The summed E-state index contributed by atoms with van der Waals surface area (Å²) in [5.41, 5.74) is 0.847. The Bertz CT molecular complexity index is 613. The number of aromatic nitrogens is 4. The quantitative estimate of drug-likeness (QED) is 0.510. The first-order chi connectivity index (χ1) is 9.04. The molecule has 0 saturated heterocycles. The Morgan fingerprint density at radius 2 is 2.26 bits per heavy atom. The SMILES string of the molecule is CCOC(=O)C(C)Sc1ncnc2c(O)n(C)nc12. The minimum absolute atomic E-state index is 0.0250. The van der Waals surface area contributed by atoms with E-state index in [9.17, 15) is 9.90 Å². The Hall–Kier alpha value is -1.83. The Labute approximate surface area is 114 Å². The summed E-state index contributed by atoms with van der Waals surface area (Å²) in [5.74, 6) is -0.331. The second-order valence-electron chi connectivity index (χ2n) is 3.84. The van der Waals surface area contributed by atoms with Crippen LogP contribution >= 0.6 is 11.8 Å². The zero-order valence-electron chi connectivity index (χ0n) is 10.8. The number of esters is 1. The summed E-state index contributed by atoms with van der Waals surface area (Å²) in [4.78, 5) is 19.7. The summed E-state index contributed by atoms with van der Waals surface area (Å²) in [6.07, 6.45) is 1.34. The van der Waals surface area contributed by atoms with Gasteiger partial charge in [0.15, 0.2) is 5.52 Å². The highest BCUT2D eigenvalue weighted by Gasteiger charge is 2.20. The zero-order chi connectivity index (χ0) is 14.0. The van der Waals surface area contributed by atoms with Gasteiger partial charge in [-0.2, -0.15) is 5.10 Å². The van der Waals surface area contributed by atoms with Crippen LogP contribution < -0.4 is 0 Å². The lowest BCUT2D eigenvalue weighted by Gasteiger charge is -2.09. The van der Waals surface area contributed by atoms with Crippen molar-refractivity contribution in [2.75, 3.05) is 6.61 Å².